The maximum Gasteiger partial charge on any atom is 0.0831 e. The predicted molar refractivity (Wildman–Crippen MR) is 49.4 cm³/mol. The summed E-state index contributed by atoms with van der Waals surface area (Å²) in [7, 11) is 8.13. The fraction of sp³-hybridized carbons (Fsp3) is 0.500. The van der Waals surface area contributed by atoms with Crippen LogP contribution in [0.15, 0.2) is 16.1 Å². The molecule has 2 nitrogen and oxygen atoms in total. The van der Waals surface area contributed by atoms with Crippen molar-refractivity contribution < 1.29 is 0 Å². The minimum atomic E-state index is 0.587. The van der Waals surface area contributed by atoms with Crippen molar-refractivity contribution in [3.63, 3.8) is 0 Å². The lowest BCUT2D eigenvalue weighted by molar-refractivity contribution is 1.25. The van der Waals surface area contributed by atoms with Gasteiger partial charge in [0, 0.05) is 12.8 Å². The molecule has 4 heteroatoms. The Hall–Kier alpha value is -0.150. The van der Waals surface area contributed by atoms with E-state index >= 15 is 0 Å². The van der Waals surface area contributed by atoms with Crippen molar-refractivity contribution in [1.29, 1.82) is 0 Å². The van der Waals surface area contributed by atoms with E-state index in [0.717, 1.165) is 23.1 Å². The topological polar surface area (TPSA) is 38.4 Å². The lowest BCUT2D eigenvalue weighted by Gasteiger charge is -1.94. The average Bonchev–Trinajstić information content (AvgIpc) is 1.99. The summed E-state index contributed by atoms with van der Waals surface area (Å²) in [6.07, 6.45) is 2.66. The highest BCUT2D eigenvalue weighted by atomic mass is 35.7. The third-order valence-electron chi connectivity index (χ3n) is 1.05. The number of allylic oxidation sites excluding steroid dienone is 1. The first-order chi connectivity index (χ1) is 4.74. The third kappa shape index (κ3) is 3.80. The maximum atomic E-state index is 5.44. The molecule has 0 radical (unpaired) electrons. The Morgan fingerprint density at radius 2 is 2.40 bits per heavy atom. The van der Waals surface area contributed by atoms with Crippen molar-refractivity contribution in [3.8, 4) is 0 Å². The molecule has 58 valence electrons. The Bertz CT molecular complexity index is 154. The molecule has 0 fully saturated rings. The number of hydrogen-bond acceptors (Lipinski definition) is 3. The zero-order chi connectivity index (χ0) is 7.98. The van der Waals surface area contributed by atoms with E-state index in [0.29, 0.717) is 5.03 Å². The summed E-state index contributed by atoms with van der Waals surface area (Å²) < 4.78 is 0. The van der Waals surface area contributed by atoms with Crippen molar-refractivity contribution in [2.45, 2.75) is 13.3 Å². The zero-order valence-corrected chi connectivity index (χ0v) is 7.67. The summed E-state index contributed by atoms with van der Waals surface area (Å²) in [6, 6.07) is 0. The van der Waals surface area contributed by atoms with Crippen molar-refractivity contribution >= 4 is 27.4 Å². The van der Waals surface area contributed by atoms with Crippen LogP contribution >= 0.6 is 21.7 Å². The summed E-state index contributed by atoms with van der Waals surface area (Å²) in [5.41, 5.74) is 6.40. The van der Waals surface area contributed by atoms with E-state index in [1.807, 2.05) is 6.92 Å². The van der Waals surface area contributed by atoms with Crippen LogP contribution in [0.4, 0.5) is 0 Å². The van der Waals surface area contributed by atoms with Gasteiger partial charge in [-0.25, -0.2) is 0 Å². The number of nitrogens with zero attached hydrogens (tertiary/aromatic N) is 1. The summed E-state index contributed by atoms with van der Waals surface area (Å²) in [4.78, 5) is 3.98. The maximum absolute atomic E-state index is 5.44. The molecule has 0 rings (SSSR count). The fourth-order valence-electron chi connectivity index (χ4n) is 0.511. The first-order valence-electron chi connectivity index (χ1n) is 2.96. The quantitative estimate of drug-likeness (QED) is 0.673. The molecule has 0 aliphatic carbocycles. The summed E-state index contributed by atoms with van der Waals surface area (Å²) >= 11 is 0. The average molecular weight is 179 g/mol. The number of rotatable bonds is 3. The van der Waals surface area contributed by atoms with Crippen molar-refractivity contribution in [2.75, 3.05) is 7.05 Å². The van der Waals surface area contributed by atoms with Crippen LogP contribution in [0, 0.1) is 0 Å². The molecule has 0 aromatic rings. The Kier molecular flexibility index (Phi) is 5.54. The SMILES string of the molecule is CCC(C=C(N)SCl)=NC. The van der Waals surface area contributed by atoms with Gasteiger partial charge in [-0.15, -0.1) is 0 Å². The predicted octanol–water partition coefficient (Wildman–Crippen LogP) is 2.15. The molecule has 0 bridgehead atoms. The van der Waals surface area contributed by atoms with E-state index in [1.165, 1.54) is 0 Å². The van der Waals surface area contributed by atoms with Crippen molar-refractivity contribution in [3.05, 3.63) is 11.1 Å². The number of aliphatic imine (C=N–C) groups is 1. The van der Waals surface area contributed by atoms with Crippen LogP contribution in [0.25, 0.3) is 0 Å². The van der Waals surface area contributed by atoms with Gasteiger partial charge in [0.25, 0.3) is 0 Å². The van der Waals surface area contributed by atoms with Crippen molar-refractivity contribution in [2.24, 2.45) is 10.7 Å². The molecule has 0 aliphatic rings. The standard InChI is InChI=1S/C6H11ClN2S/c1-3-5(9-2)4-6(8)10-7/h4H,3,8H2,1-2H3. The minimum Gasteiger partial charge on any atom is -0.393 e. The number of halogens is 1. The van der Waals surface area contributed by atoms with Gasteiger partial charge < -0.3 is 5.73 Å². The van der Waals surface area contributed by atoms with Crippen molar-refractivity contribution in [1.82, 2.24) is 0 Å². The highest BCUT2D eigenvalue weighted by Crippen LogP contribution is 2.14. The highest BCUT2D eigenvalue weighted by Gasteiger charge is 1.91. The molecule has 0 aliphatic heterocycles. The molecule has 0 atom stereocenters. The molecule has 0 saturated carbocycles. The molecule has 0 heterocycles. The van der Waals surface area contributed by atoms with Gasteiger partial charge in [-0.2, -0.15) is 0 Å². The van der Waals surface area contributed by atoms with E-state index in [1.54, 1.807) is 13.1 Å². The van der Waals surface area contributed by atoms with Gasteiger partial charge in [0.2, 0.25) is 0 Å². The third-order valence-corrected chi connectivity index (χ3v) is 1.88. The first kappa shape index (κ1) is 9.85. The van der Waals surface area contributed by atoms with Gasteiger partial charge in [-0.05, 0) is 34.2 Å². The Labute approximate surface area is 70.0 Å². The van der Waals surface area contributed by atoms with Crippen LogP contribution in [0.2, 0.25) is 0 Å². The lowest BCUT2D eigenvalue weighted by Crippen LogP contribution is -1.97. The van der Waals surface area contributed by atoms with Gasteiger partial charge in [0.1, 0.15) is 0 Å². The highest BCUT2D eigenvalue weighted by molar-refractivity contribution is 8.24. The molecule has 0 saturated heterocycles. The minimum absolute atomic E-state index is 0.587. The molecule has 2 N–H and O–H groups in total. The Morgan fingerprint density at radius 1 is 1.80 bits per heavy atom. The Morgan fingerprint density at radius 3 is 2.70 bits per heavy atom. The van der Waals surface area contributed by atoms with Crippen LogP contribution in [0.1, 0.15) is 13.3 Å². The van der Waals surface area contributed by atoms with E-state index in [2.05, 4.69) is 4.99 Å². The molecule has 0 spiro atoms. The van der Waals surface area contributed by atoms with Crippen LogP contribution in [-0.2, 0) is 0 Å². The monoisotopic (exact) mass is 178 g/mol. The van der Waals surface area contributed by atoms with Crippen LogP contribution in [0.3, 0.4) is 0 Å². The van der Waals surface area contributed by atoms with Crippen LogP contribution in [0.5, 0.6) is 0 Å². The smallest absolute Gasteiger partial charge is 0.0831 e. The van der Waals surface area contributed by atoms with E-state index in [9.17, 15) is 0 Å². The lowest BCUT2D eigenvalue weighted by atomic mass is 10.3. The zero-order valence-electron chi connectivity index (χ0n) is 6.10. The second-order valence-corrected chi connectivity index (χ2v) is 2.78. The molecular formula is C6H11ClN2S. The van der Waals surface area contributed by atoms with E-state index < -0.39 is 0 Å². The molecule has 0 unspecified atom stereocenters. The molecular weight excluding hydrogens is 168 g/mol. The molecule has 0 aromatic heterocycles. The van der Waals surface area contributed by atoms with E-state index in [-0.39, 0.29) is 0 Å². The summed E-state index contributed by atoms with van der Waals surface area (Å²) in [6.45, 7) is 2.02. The van der Waals surface area contributed by atoms with Gasteiger partial charge in [0.05, 0.1) is 5.03 Å². The Balaban J connectivity index is 4.08. The van der Waals surface area contributed by atoms with E-state index in [4.69, 9.17) is 16.4 Å². The second-order valence-electron chi connectivity index (χ2n) is 1.69. The van der Waals surface area contributed by atoms with Gasteiger partial charge in [-0.3, -0.25) is 4.99 Å². The van der Waals surface area contributed by atoms with Gasteiger partial charge in [-0.1, -0.05) is 6.92 Å². The van der Waals surface area contributed by atoms with Gasteiger partial charge >= 0.3 is 0 Å². The molecule has 0 aromatic carbocycles. The number of nitrogens with two attached hydrogens (primary N) is 1. The fourth-order valence-corrected chi connectivity index (χ4v) is 0.825. The second kappa shape index (κ2) is 5.62. The molecule has 0 amide bonds. The number of hydrogen-bond donors (Lipinski definition) is 1. The van der Waals surface area contributed by atoms with Crippen LogP contribution < -0.4 is 5.73 Å². The first-order valence-corrected chi connectivity index (χ1v) is 4.60. The summed E-state index contributed by atoms with van der Waals surface area (Å²) in [5, 5.41) is 0.587. The van der Waals surface area contributed by atoms with Gasteiger partial charge in [0.15, 0.2) is 0 Å². The van der Waals surface area contributed by atoms with Crippen LogP contribution in [-0.4, -0.2) is 12.8 Å². The normalized spacial score (nSPS) is 13.9. The largest absolute Gasteiger partial charge is 0.393 e. The molecule has 10 heavy (non-hydrogen) atoms. The summed E-state index contributed by atoms with van der Waals surface area (Å²) in [5.74, 6) is 0.